The number of carbonyl (C=O) groups is 3. The van der Waals surface area contributed by atoms with E-state index in [4.69, 9.17) is 11.6 Å². The predicted octanol–water partition coefficient (Wildman–Crippen LogP) is 3.15. The molecule has 0 saturated carbocycles. The van der Waals surface area contributed by atoms with Gasteiger partial charge in [0, 0.05) is 19.7 Å². The first kappa shape index (κ1) is 18.9. The molecule has 8 heteroatoms. The number of rotatable bonds is 4. The van der Waals surface area contributed by atoms with Crippen molar-refractivity contribution < 1.29 is 14.4 Å². The van der Waals surface area contributed by atoms with E-state index in [0.29, 0.717) is 33.1 Å². The van der Waals surface area contributed by atoms with Gasteiger partial charge in [0.1, 0.15) is 0 Å². The second-order valence-corrected chi connectivity index (χ2v) is 7.17. The molecule has 1 aromatic heterocycles. The third-order valence-corrected chi connectivity index (χ3v) is 5.21. The normalized spacial score (nSPS) is 13.0. The van der Waals surface area contributed by atoms with Crippen molar-refractivity contribution in [1.82, 2.24) is 14.7 Å². The summed E-state index contributed by atoms with van der Waals surface area (Å²) in [5.41, 5.74) is 2.14. The maximum atomic E-state index is 12.9. The Morgan fingerprint density at radius 3 is 2.31 bits per heavy atom. The molecule has 2 aromatic carbocycles. The summed E-state index contributed by atoms with van der Waals surface area (Å²) in [7, 11) is 3.41. The Hall–Kier alpha value is -3.45. The minimum atomic E-state index is -0.398. The molecule has 3 amide bonds. The minimum absolute atomic E-state index is 0.263. The maximum absolute atomic E-state index is 12.9. The van der Waals surface area contributed by atoms with Crippen molar-refractivity contribution in [3.8, 4) is 0 Å². The fourth-order valence-corrected chi connectivity index (χ4v) is 3.56. The summed E-state index contributed by atoms with van der Waals surface area (Å²) in [5, 5.41) is 4.55. The topological polar surface area (TPSA) is 75.5 Å². The summed E-state index contributed by atoms with van der Waals surface area (Å²) < 4.78 is 1.61. The summed E-state index contributed by atoms with van der Waals surface area (Å²) >= 11 is 6.12. The Morgan fingerprint density at radius 2 is 1.72 bits per heavy atom. The summed E-state index contributed by atoms with van der Waals surface area (Å²) in [4.78, 5) is 40.9. The molecule has 146 valence electrons. The Labute approximate surface area is 172 Å². The average molecular weight is 409 g/mol. The average Bonchev–Trinajstić information content (AvgIpc) is 3.18. The number of hydrogen-bond donors (Lipinski definition) is 0. The van der Waals surface area contributed by atoms with Gasteiger partial charge in [-0.15, -0.1) is 0 Å². The van der Waals surface area contributed by atoms with Crippen LogP contribution in [0.25, 0.3) is 0 Å². The fourth-order valence-electron chi connectivity index (χ4n) is 3.33. The smallest absolute Gasteiger partial charge is 0.266 e. The minimum Gasteiger partial charge on any atom is -0.336 e. The molecule has 1 aliphatic heterocycles. The van der Waals surface area contributed by atoms with E-state index in [1.54, 1.807) is 67.3 Å². The third kappa shape index (κ3) is 3.19. The van der Waals surface area contributed by atoms with Gasteiger partial charge in [0.15, 0.2) is 0 Å². The van der Waals surface area contributed by atoms with E-state index >= 15 is 0 Å². The second-order valence-electron chi connectivity index (χ2n) is 6.77. The van der Waals surface area contributed by atoms with Gasteiger partial charge in [-0.2, -0.15) is 5.10 Å². The van der Waals surface area contributed by atoms with Gasteiger partial charge in [0.05, 0.1) is 40.3 Å². The molecule has 0 saturated heterocycles. The molecule has 0 fully saturated rings. The molecule has 0 atom stereocenters. The first-order chi connectivity index (χ1) is 13.9. The van der Waals surface area contributed by atoms with Crippen LogP contribution in [0.2, 0.25) is 5.02 Å². The van der Waals surface area contributed by atoms with Crippen molar-refractivity contribution in [2.24, 2.45) is 7.05 Å². The van der Waals surface area contributed by atoms with Crippen LogP contribution in [0.15, 0.2) is 54.7 Å². The lowest BCUT2D eigenvalue weighted by atomic mass is 10.1. The zero-order valence-electron chi connectivity index (χ0n) is 15.8. The van der Waals surface area contributed by atoms with Gasteiger partial charge in [-0.1, -0.05) is 29.8 Å². The highest BCUT2D eigenvalue weighted by Gasteiger charge is 2.36. The van der Waals surface area contributed by atoms with Gasteiger partial charge in [-0.05, 0) is 30.3 Å². The van der Waals surface area contributed by atoms with Gasteiger partial charge < -0.3 is 4.90 Å². The van der Waals surface area contributed by atoms with Crippen molar-refractivity contribution in [1.29, 1.82) is 0 Å². The molecule has 0 aliphatic carbocycles. The van der Waals surface area contributed by atoms with E-state index < -0.39 is 11.8 Å². The molecule has 4 rings (SSSR count). The predicted molar refractivity (Wildman–Crippen MR) is 108 cm³/mol. The third-order valence-electron chi connectivity index (χ3n) is 4.89. The molecule has 0 spiro atoms. The number of imide groups is 1. The van der Waals surface area contributed by atoms with Gasteiger partial charge in [-0.25, -0.2) is 4.90 Å². The summed E-state index contributed by atoms with van der Waals surface area (Å²) in [6.07, 6.45) is 1.53. The molecule has 0 radical (unpaired) electrons. The van der Waals surface area contributed by atoms with Crippen LogP contribution in [0.4, 0.5) is 5.69 Å². The lowest BCUT2D eigenvalue weighted by Gasteiger charge is -2.19. The number of aryl methyl sites for hydroxylation is 1. The van der Waals surface area contributed by atoms with E-state index in [1.165, 1.54) is 11.1 Å². The van der Waals surface area contributed by atoms with Crippen LogP contribution in [-0.2, 0) is 13.6 Å². The van der Waals surface area contributed by atoms with Crippen molar-refractivity contribution >= 4 is 35.0 Å². The Morgan fingerprint density at radius 1 is 1.07 bits per heavy atom. The highest BCUT2D eigenvalue weighted by molar-refractivity contribution is 6.34. The molecular weight excluding hydrogens is 392 g/mol. The highest BCUT2D eigenvalue weighted by atomic mass is 35.5. The zero-order valence-corrected chi connectivity index (χ0v) is 16.6. The molecule has 2 heterocycles. The quantitative estimate of drug-likeness (QED) is 0.621. The van der Waals surface area contributed by atoms with Crippen LogP contribution in [0.5, 0.6) is 0 Å². The van der Waals surface area contributed by atoms with E-state index in [1.807, 2.05) is 0 Å². The maximum Gasteiger partial charge on any atom is 0.266 e. The number of carbonyl (C=O) groups excluding carboxylic acids is 3. The number of amides is 3. The van der Waals surface area contributed by atoms with Crippen LogP contribution in [0.3, 0.4) is 0 Å². The monoisotopic (exact) mass is 408 g/mol. The van der Waals surface area contributed by atoms with Crippen molar-refractivity contribution in [2.45, 2.75) is 6.54 Å². The van der Waals surface area contributed by atoms with Crippen LogP contribution in [-0.4, -0.2) is 39.4 Å². The Bertz CT molecular complexity index is 1100. The number of anilines is 1. The molecule has 29 heavy (non-hydrogen) atoms. The first-order valence-electron chi connectivity index (χ1n) is 8.88. The van der Waals surface area contributed by atoms with Gasteiger partial charge in [0.25, 0.3) is 17.7 Å². The lowest BCUT2D eigenvalue weighted by Crippen LogP contribution is -2.30. The van der Waals surface area contributed by atoms with Crippen LogP contribution >= 0.6 is 11.6 Å². The zero-order chi connectivity index (χ0) is 20.7. The standard InChI is InChI=1S/C21H17ClN4O3/c1-24(12-18-17(22)11-23-25(18)2)19(27)13-6-5-7-14(10-13)26-20(28)15-8-3-4-9-16(15)21(26)29/h3-11H,12H2,1-2H3. The number of halogens is 1. The fraction of sp³-hybridized carbons (Fsp3) is 0.143. The summed E-state index contributed by atoms with van der Waals surface area (Å²) in [5.74, 6) is -1.06. The van der Waals surface area contributed by atoms with Gasteiger partial charge in [0.2, 0.25) is 0 Å². The second kappa shape index (κ2) is 7.18. The van der Waals surface area contributed by atoms with Crippen LogP contribution < -0.4 is 4.90 Å². The summed E-state index contributed by atoms with van der Waals surface area (Å²) in [6, 6.07) is 13.1. The van der Waals surface area contributed by atoms with Crippen LogP contribution in [0, 0.1) is 0 Å². The molecular formula is C21H17ClN4O3. The summed E-state index contributed by atoms with van der Waals surface area (Å²) in [6.45, 7) is 0.269. The molecule has 0 unspecified atom stereocenters. The lowest BCUT2D eigenvalue weighted by molar-refractivity contribution is 0.0780. The van der Waals surface area contributed by atoms with Gasteiger partial charge in [-0.3, -0.25) is 19.1 Å². The van der Waals surface area contributed by atoms with Crippen molar-refractivity contribution in [3.63, 3.8) is 0 Å². The molecule has 7 nitrogen and oxygen atoms in total. The van der Waals surface area contributed by atoms with Gasteiger partial charge >= 0.3 is 0 Å². The first-order valence-corrected chi connectivity index (χ1v) is 9.26. The van der Waals surface area contributed by atoms with Crippen LogP contribution in [0.1, 0.15) is 36.8 Å². The number of hydrogen-bond acceptors (Lipinski definition) is 4. The Balaban J connectivity index is 1.60. The highest BCUT2D eigenvalue weighted by Crippen LogP contribution is 2.29. The molecule has 1 aliphatic rings. The molecule has 0 bridgehead atoms. The van der Waals surface area contributed by atoms with Crippen molar-refractivity contribution in [3.05, 3.63) is 82.1 Å². The molecule has 0 N–H and O–H groups in total. The SMILES string of the molecule is CN(Cc1c(Cl)cnn1C)C(=O)c1cccc(N2C(=O)c3ccccc3C2=O)c1. The van der Waals surface area contributed by atoms with E-state index in [-0.39, 0.29) is 12.5 Å². The Kier molecular flexibility index (Phi) is 4.68. The van der Waals surface area contributed by atoms with E-state index in [0.717, 1.165) is 4.90 Å². The number of benzene rings is 2. The molecule has 3 aromatic rings. The largest absolute Gasteiger partial charge is 0.336 e. The number of aromatic nitrogens is 2. The number of fused-ring (bicyclic) bond motifs is 1. The number of nitrogens with zero attached hydrogens (tertiary/aromatic N) is 4. The van der Waals surface area contributed by atoms with E-state index in [9.17, 15) is 14.4 Å². The van der Waals surface area contributed by atoms with E-state index in [2.05, 4.69) is 5.10 Å². The van der Waals surface area contributed by atoms with Crippen molar-refractivity contribution in [2.75, 3.05) is 11.9 Å².